The van der Waals surface area contributed by atoms with E-state index >= 15 is 0 Å². The molecular weight excluding hydrogens is 478 g/mol. The van der Waals surface area contributed by atoms with Gasteiger partial charge in [0.05, 0.1) is 15.5 Å². The van der Waals surface area contributed by atoms with Gasteiger partial charge in [0.2, 0.25) is 5.13 Å². The average molecular weight is 496 g/mol. The Morgan fingerprint density at radius 1 is 0.771 bits per heavy atom. The highest BCUT2D eigenvalue weighted by atomic mass is 35.5. The highest BCUT2D eigenvalue weighted by Gasteiger charge is 2.16. The van der Waals surface area contributed by atoms with E-state index in [9.17, 15) is 10.1 Å². The van der Waals surface area contributed by atoms with Gasteiger partial charge >= 0.3 is 0 Å². The Morgan fingerprint density at radius 3 is 2.03 bits per heavy atom. The standard InChI is InChI=1S/C28H18ClN3O2S/c29-24-14-6-19(7-15-24)18-30-28-31-26(27(35-28)23-12-16-25(17-13-23)32(33)34)22-10-8-21(9-11-22)20-4-2-1-3-5-20/h1-18H. The van der Waals surface area contributed by atoms with Gasteiger partial charge in [-0.25, -0.2) is 9.98 Å². The summed E-state index contributed by atoms with van der Waals surface area (Å²) in [7, 11) is 0. The number of nitro benzene ring substituents is 1. The summed E-state index contributed by atoms with van der Waals surface area (Å²) in [5.41, 5.74) is 5.80. The van der Waals surface area contributed by atoms with Gasteiger partial charge in [-0.1, -0.05) is 89.7 Å². The summed E-state index contributed by atoms with van der Waals surface area (Å²) in [4.78, 5) is 21.0. The van der Waals surface area contributed by atoms with E-state index in [0.29, 0.717) is 10.2 Å². The van der Waals surface area contributed by atoms with Crippen LogP contribution in [0.25, 0.3) is 32.8 Å². The van der Waals surface area contributed by atoms with Crippen molar-refractivity contribution in [1.82, 2.24) is 4.98 Å². The largest absolute Gasteiger partial charge is 0.269 e. The van der Waals surface area contributed by atoms with Crippen LogP contribution in [0.4, 0.5) is 10.8 Å². The first-order valence-electron chi connectivity index (χ1n) is 10.8. The molecule has 1 heterocycles. The second-order valence-corrected chi connectivity index (χ2v) is 9.15. The zero-order chi connectivity index (χ0) is 24.2. The molecule has 0 aliphatic rings. The summed E-state index contributed by atoms with van der Waals surface area (Å²) in [5, 5.41) is 12.4. The van der Waals surface area contributed by atoms with E-state index in [2.05, 4.69) is 29.3 Å². The third-order valence-electron chi connectivity index (χ3n) is 5.42. The molecule has 5 aromatic rings. The van der Waals surface area contributed by atoms with E-state index in [-0.39, 0.29) is 5.69 Å². The first kappa shape index (κ1) is 22.7. The molecule has 0 amide bonds. The molecule has 0 unspecified atom stereocenters. The van der Waals surface area contributed by atoms with Gasteiger partial charge in [0.1, 0.15) is 0 Å². The summed E-state index contributed by atoms with van der Waals surface area (Å²) >= 11 is 7.41. The Hall–Kier alpha value is -4.13. The summed E-state index contributed by atoms with van der Waals surface area (Å²) in [6.45, 7) is 0. The molecule has 0 radical (unpaired) electrons. The quantitative estimate of drug-likeness (QED) is 0.135. The minimum Gasteiger partial charge on any atom is -0.258 e. The van der Waals surface area contributed by atoms with Crippen molar-refractivity contribution in [2.24, 2.45) is 4.99 Å². The molecule has 0 aliphatic heterocycles. The number of nitrogens with zero attached hydrogens (tertiary/aromatic N) is 3. The zero-order valence-electron chi connectivity index (χ0n) is 18.3. The van der Waals surface area contributed by atoms with E-state index in [0.717, 1.165) is 38.4 Å². The van der Waals surface area contributed by atoms with E-state index in [1.165, 1.54) is 23.5 Å². The highest BCUT2D eigenvalue weighted by Crippen LogP contribution is 2.41. The number of halogens is 1. The number of hydrogen-bond acceptors (Lipinski definition) is 5. The number of thiazole rings is 1. The van der Waals surface area contributed by atoms with Gasteiger partial charge in [-0.2, -0.15) is 0 Å². The molecule has 0 bridgehead atoms. The van der Waals surface area contributed by atoms with Crippen LogP contribution in [-0.4, -0.2) is 16.1 Å². The highest BCUT2D eigenvalue weighted by molar-refractivity contribution is 7.19. The lowest BCUT2D eigenvalue weighted by molar-refractivity contribution is -0.384. The number of aliphatic imine (C=N–C) groups is 1. The van der Waals surface area contributed by atoms with Crippen LogP contribution in [0.3, 0.4) is 0 Å². The van der Waals surface area contributed by atoms with Crippen LogP contribution < -0.4 is 0 Å². The lowest BCUT2D eigenvalue weighted by Crippen LogP contribution is -1.87. The molecule has 170 valence electrons. The monoisotopic (exact) mass is 495 g/mol. The maximum Gasteiger partial charge on any atom is 0.269 e. The fourth-order valence-corrected chi connectivity index (χ4v) is 4.68. The summed E-state index contributed by atoms with van der Waals surface area (Å²) in [6, 6.07) is 32.3. The number of rotatable bonds is 6. The molecule has 0 saturated heterocycles. The second kappa shape index (κ2) is 10.0. The normalized spacial score (nSPS) is 11.1. The van der Waals surface area contributed by atoms with Gasteiger partial charge in [0.15, 0.2) is 0 Å². The van der Waals surface area contributed by atoms with Gasteiger partial charge in [-0.15, -0.1) is 0 Å². The lowest BCUT2D eigenvalue weighted by Gasteiger charge is -2.05. The van der Waals surface area contributed by atoms with Crippen molar-refractivity contribution in [3.8, 4) is 32.8 Å². The molecule has 1 aromatic heterocycles. The fraction of sp³-hybridized carbons (Fsp3) is 0. The van der Waals surface area contributed by atoms with Crippen LogP contribution >= 0.6 is 22.9 Å². The third kappa shape index (κ3) is 5.19. The lowest BCUT2D eigenvalue weighted by atomic mass is 10.0. The van der Waals surface area contributed by atoms with Crippen LogP contribution in [0.5, 0.6) is 0 Å². The summed E-state index contributed by atoms with van der Waals surface area (Å²) in [5.74, 6) is 0. The van der Waals surface area contributed by atoms with Crippen LogP contribution in [0, 0.1) is 10.1 Å². The minimum absolute atomic E-state index is 0.0491. The number of hydrogen-bond donors (Lipinski definition) is 0. The molecule has 7 heteroatoms. The maximum atomic E-state index is 11.1. The number of non-ortho nitro benzene ring substituents is 1. The maximum absolute atomic E-state index is 11.1. The molecule has 0 spiro atoms. The topological polar surface area (TPSA) is 68.4 Å². The van der Waals surface area contributed by atoms with E-state index < -0.39 is 4.92 Å². The third-order valence-corrected chi connectivity index (χ3v) is 6.68. The molecule has 0 atom stereocenters. The van der Waals surface area contributed by atoms with Crippen molar-refractivity contribution in [2.75, 3.05) is 0 Å². The first-order chi connectivity index (χ1) is 17.1. The Labute approximate surface area is 211 Å². The van der Waals surface area contributed by atoms with Crippen molar-refractivity contribution >= 4 is 40.0 Å². The molecule has 4 aromatic carbocycles. The number of aromatic nitrogens is 1. The van der Waals surface area contributed by atoms with Crippen LogP contribution in [0.15, 0.2) is 108 Å². The Kier molecular flexibility index (Phi) is 6.48. The molecule has 5 rings (SSSR count). The second-order valence-electron chi connectivity index (χ2n) is 7.73. The predicted octanol–water partition coefficient (Wildman–Crippen LogP) is 8.46. The molecule has 0 aliphatic carbocycles. The Balaban J connectivity index is 1.54. The molecular formula is C28H18ClN3O2S. The predicted molar refractivity (Wildman–Crippen MR) is 144 cm³/mol. The number of nitro groups is 1. The minimum atomic E-state index is -0.401. The summed E-state index contributed by atoms with van der Waals surface area (Å²) in [6.07, 6.45) is 1.75. The van der Waals surface area contributed by atoms with Crippen molar-refractivity contribution in [3.63, 3.8) is 0 Å². The summed E-state index contributed by atoms with van der Waals surface area (Å²) < 4.78 is 0. The van der Waals surface area contributed by atoms with Gasteiger partial charge < -0.3 is 0 Å². The smallest absolute Gasteiger partial charge is 0.258 e. The van der Waals surface area contributed by atoms with Crippen molar-refractivity contribution < 1.29 is 4.92 Å². The zero-order valence-corrected chi connectivity index (χ0v) is 19.9. The first-order valence-corrected chi connectivity index (χ1v) is 12.0. The van der Waals surface area contributed by atoms with Gasteiger partial charge in [-0.05, 0) is 46.5 Å². The number of benzene rings is 4. The van der Waals surface area contributed by atoms with E-state index in [1.807, 2.05) is 54.6 Å². The fourth-order valence-electron chi connectivity index (χ4n) is 3.62. The van der Waals surface area contributed by atoms with Gasteiger partial charge in [-0.3, -0.25) is 10.1 Å². The van der Waals surface area contributed by atoms with Crippen molar-refractivity contribution in [3.05, 3.63) is 124 Å². The van der Waals surface area contributed by atoms with Gasteiger partial charge in [0.25, 0.3) is 5.69 Å². The van der Waals surface area contributed by atoms with Crippen LogP contribution in [0.1, 0.15) is 5.56 Å². The molecule has 5 nitrogen and oxygen atoms in total. The van der Waals surface area contributed by atoms with Crippen molar-refractivity contribution in [2.45, 2.75) is 0 Å². The molecule has 0 N–H and O–H groups in total. The van der Waals surface area contributed by atoms with Gasteiger partial charge in [0, 0.05) is 28.9 Å². The SMILES string of the molecule is O=[N+]([O-])c1ccc(-c2sc(N=Cc3ccc(Cl)cc3)nc2-c2ccc(-c3ccccc3)cc2)cc1. The average Bonchev–Trinajstić information content (AvgIpc) is 3.33. The molecule has 35 heavy (non-hydrogen) atoms. The van der Waals surface area contributed by atoms with Crippen LogP contribution in [-0.2, 0) is 0 Å². The Morgan fingerprint density at radius 2 is 1.37 bits per heavy atom. The molecule has 0 saturated carbocycles. The Bertz CT molecular complexity index is 1500. The van der Waals surface area contributed by atoms with E-state index in [4.69, 9.17) is 16.6 Å². The van der Waals surface area contributed by atoms with Crippen LogP contribution in [0.2, 0.25) is 5.02 Å². The van der Waals surface area contributed by atoms with E-state index in [1.54, 1.807) is 18.3 Å². The molecule has 0 fully saturated rings. The van der Waals surface area contributed by atoms with Crippen molar-refractivity contribution in [1.29, 1.82) is 0 Å².